The summed E-state index contributed by atoms with van der Waals surface area (Å²) in [4.78, 5) is 7.08. The summed E-state index contributed by atoms with van der Waals surface area (Å²) in [5.74, 6) is 2.65. The van der Waals surface area contributed by atoms with Crippen LogP contribution in [-0.2, 0) is 0 Å². The number of hydrogen-bond donors (Lipinski definition) is 0. The number of hydrogen-bond acceptors (Lipinski definition) is 3. The zero-order valence-electron chi connectivity index (χ0n) is 11.8. The molecule has 106 valence electrons. The van der Waals surface area contributed by atoms with Crippen molar-refractivity contribution in [1.29, 1.82) is 0 Å². The number of methoxy groups -OCH3 is 1. The van der Waals surface area contributed by atoms with E-state index >= 15 is 0 Å². The third-order valence-electron chi connectivity index (χ3n) is 4.26. The van der Waals surface area contributed by atoms with E-state index in [0.29, 0.717) is 12.0 Å². The van der Waals surface area contributed by atoms with Crippen LogP contribution in [0.25, 0.3) is 10.8 Å². The molecule has 0 radical (unpaired) electrons. The van der Waals surface area contributed by atoms with Crippen molar-refractivity contribution in [2.45, 2.75) is 19.4 Å². The largest absolute Gasteiger partial charge is 0.497 e. The van der Waals surface area contributed by atoms with Gasteiger partial charge in [-0.1, -0.05) is 28.9 Å². The summed E-state index contributed by atoms with van der Waals surface area (Å²) in [6.45, 7) is 3.39. The molecule has 3 rings (SSSR count). The third-order valence-corrected chi connectivity index (χ3v) is 4.93. The first-order valence-electron chi connectivity index (χ1n) is 7.00. The molecular formula is C16H19BrN2O. The highest BCUT2D eigenvalue weighted by Crippen LogP contribution is 2.35. The standard InChI is InChI=1S/C16H19BrN2O/c1-11-6-8-19(15(11)10-17)16-14-9-13(20-2)4-3-12(14)5-7-18-16/h3-5,7,9,11,15H,6,8,10H2,1-2H3. The van der Waals surface area contributed by atoms with E-state index in [1.165, 1.54) is 17.2 Å². The van der Waals surface area contributed by atoms with Crippen molar-refractivity contribution in [3.8, 4) is 5.75 Å². The quantitative estimate of drug-likeness (QED) is 0.797. The van der Waals surface area contributed by atoms with Crippen LogP contribution in [0.3, 0.4) is 0 Å². The molecule has 2 aromatic rings. The van der Waals surface area contributed by atoms with Crippen LogP contribution in [0.2, 0.25) is 0 Å². The Morgan fingerprint density at radius 1 is 1.40 bits per heavy atom. The lowest BCUT2D eigenvalue weighted by molar-refractivity contribution is 0.415. The van der Waals surface area contributed by atoms with Crippen molar-refractivity contribution in [3.63, 3.8) is 0 Å². The molecule has 1 aromatic carbocycles. The zero-order chi connectivity index (χ0) is 14.1. The highest BCUT2D eigenvalue weighted by molar-refractivity contribution is 9.09. The third kappa shape index (κ3) is 2.26. The first kappa shape index (κ1) is 13.7. The fraction of sp³-hybridized carbons (Fsp3) is 0.438. The predicted molar refractivity (Wildman–Crippen MR) is 87.0 cm³/mol. The molecule has 0 spiro atoms. The van der Waals surface area contributed by atoms with Gasteiger partial charge in [-0.25, -0.2) is 4.98 Å². The first-order chi connectivity index (χ1) is 9.74. The van der Waals surface area contributed by atoms with E-state index in [2.05, 4.69) is 50.9 Å². The van der Waals surface area contributed by atoms with Crippen LogP contribution in [0.4, 0.5) is 5.82 Å². The number of fused-ring (bicyclic) bond motifs is 1. The topological polar surface area (TPSA) is 25.4 Å². The monoisotopic (exact) mass is 334 g/mol. The van der Waals surface area contributed by atoms with Gasteiger partial charge in [0.2, 0.25) is 0 Å². The average Bonchev–Trinajstić information content (AvgIpc) is 2.86. The number of ether oxygens (including phenoxy) is 1. The van der Waals surface area contributed by atoms with Gasteiger partial charge in [0, 0.05) is 29.5 Å². The van der Waals surface area contributed by atoms with Crippen molar-refractivity contribution < 1.29 is 4.74 Å². The summed E-state index contributed by atoms with van der Waals surface area (Å²) in [6.07, 6.45) is 3.12. The van der Waals surface area contributed by atoms with E-state index in [4.69, 9.17) is 4.74 Å². The smallest absolute Gasteiger partial charge is 0.136 e. The van der Waals surface area contributed by atoms with Gasteiger partial charge in [0.1, 0.15) is 11.6 Å². The number of pyridine rings is 1. The molecule has 20 heavy (non-hydrogen) atoms. The van der Waals surface area contributed by atoms with E-state index in [1.54, 1.807) is 7.11 Å². The van der Waals surface area contributed by atoms with E-state index in [-0.39, 0.29) is 0 Å². The van der Waals surface area contributed by atoms with Gasteiger partial charge in [-0.05, 0) is 35.9 Å². The van der Waals surface area contributed by atoms with Gasteiger partial charge in [-0.3, -0.25) is 0 Å². The summed E-state index contributed by atoms with van der Waals surface area (Å²) >= 11 is 3.65. The van der Waals surface area contributed by atoms with Crippen molar-refractivity contribution in [2.75, 3.05) is 23.9 Å². The molecule has 1 saturated heterocycles. The molecule has 1 aliphatic heterocycles. The Kier molecular flexibility index (Phi) is 3.83. The lowest BCUT2D eigenvalue weighted by atomic mass is 10.0. The van der Waals surface area contributed by atoms with Crippen molar-refractivity contribution in [2.24, 2.45) is 5.92 Å². The van der Waals surface area contributed by atoms with Gasteiger partial charge in [0.05, 0.1) is 7.11 Å². The van der Waals surface area contributed by atoms with Crippen LogP contribution < -0.4 is 9.64 Å². The number of halogens is 1. The fourth-order valence-corrected chi connectivity index (χ4v) is 3.98. The lowest BCUT2D eigenvalue weighted by Gasteiger charge is -2.27. The molecule has 0 amide bonds. The molecule has 4 heteroatoms. The van der Waals surface area contributed by atoms with Crippen molar-refractivity contribution in [3.05, 3.63) is 30.5 Å². The summed E-state index contributed by atoms with van der Waals surface area (Å²) < 4.78 is 5.36. The second-order valence-electron chi connectivity index (χ2n) is 5.40. The minimum Gasteiger partial charge on any atom is -0.497 e. The Hall–Kier alpha value is -1.29. The number of nitrogens with zero attached hydrogens (tertiary/aromatic N) is 2. The lowest BCUT2D eigenvalue weighted by Crippen LogP contribution is -2.34. The molecular weight excluding hydrogens is 316 g/mol. The van der Waals surface area contributed by atoms with Crippen LogP contribution >= 0.6 is 15.9 Å². The maximum Gasteiger partial charge on any atom is 0.136 e. The Morgan fingerprint density at radius 3 is 3.00 bits per heavy atom. The number of rotatable bonds is 3. The summed E-state index contributed by atoms with van der Waals surface area (Å²) in [5, 5.41) is 3.37. The van der Waals surface area contributed by atoms with Gasteiger partial charge < -0.3 is 9.64 Å². The Balaban J connectivity index is 2.11. The van der Waals surface area contributed by atoms with Gasteiger partial charge in [0.15, 0.2) is 0 Å². The Bertz CT molecular complexity index is 616. The Labute approximate surface area is 128 Å². The van der Waals surface area contributed by atoms with Crippen molar-refractivity contribution >= 4 is 32.5 Å². The van der Waals surface area contributed by atoms with Crippen LogP contribution in [0.1, 0.15) is 13.3 Å². The summed E-state index contributed by atoms with van der Waals surface area (Å²) in [6, 6.07) is 8.76. The molecule has 3 nitrogen and oxygen atoms in total. The van der Waals surface area contributed by atoms with E-state index < -0.39 is 0 Å². The fourth-order valence-electron chi connectivity index (χ4n) is 2.99. The number of aromatic nitrogens is 1. The minimum atomic E-state index is 0.513. The summed E-state index contributed by atoms with van der Waals surface area (Å²) in [7, 11) is 1.70. The van der Waals surface area contributed by atoms with Crippen LogP contribution in [-0.4, -0.2) is 30.0 Å². The highest BCUT2D eigenvalue weighted by atomic mass is 79.9. The van der Waals surface area contributed by atoms with Crippen LogP contribution in [0.5, 0.6) is 5.75 Å². The van der Waals surface area contributed by atoms with Gasteiger partial charge in [-0.15, -0.1) is 0 Å². The molecule has 1 fully saturated rings. The van der Waals surface area contributed by atoms with Gasteiger partial charge in [0.25, 0.3) is 0 Å². The molecule has 2 heterocycles. The maximum absolute atomic E-state index is 5.36. The molecule has 2 unspecified atom stereocenters. The second-order valence-corrected chi connectivity index (χ2v) is 6.05. The highest BCUT2D eigenvalue weighted by Gasteiger charge is 2.31. The minimum absolute atomic E-state index is 0.513. The number of alkyl halides is 1. The number of benzene rings is 1. The first-order valence-corrected chi connectivity index (χ1v) is 8.12. The molecule has 2 atom stereocenters. The number of anilines is 1. The molecule has 1 aliphatic rings. The molecule has 0 aliphatic carbocycles. The van der Waals surface area contributed by atoms with Crippen LogP contribution in [0.15, 0.2) is 30.5 Å². The predicted octanol–water partition coefficient (Wildman–Crippen LogP) is 3.85. The van der Waals surface area contributed by atoms with Gasteiger partial charge in [-0.2, -0.15) is 0 Å². The normalized spacial score (nSPS) is 22.4. The summed E-state index contributed by atoms with van der Waals surface area (Å²) in [5.41, 5.74) is 0. The van der Waals surface area contributed by atoms with E-state index in [0.717, 1.165) is 23.4 Å². The molecule has 0 N–H and O–H groups in total. The van der Waals surface area contributed by atoms with Gasteiger partial charge >= 0.3 is 0 Å². The van der Waals surface area contributed by atoms with E-state index in [1.807, 2.05) is 12.3 Å². The second kappa shape index (κ2) is 5.60. The van der Waals surface area contributed by atoms with E-state index in [9.17, 15) is 0 Å². The zero-order valence-corrected chi connectivity index (χ0v) is 13.4. The molecule has 0 saturated carbocycles. The average molecular weight is 335 g/mol. The Morgan fingerprint density at radius 2 is 2.25 bits per heavy atom. The molecule has 0 bridgehead atoms. The van der Waals surface area contributed by atoms with Crippen LogP contribution in [0, 0.1) is 5.92 Å². The SMILES string of the molecule is COc1ccc2ccnc(N3CCC(C)C3CBr)c2c1. The maximum atomic E-state index is 5.36. The molecule has 1 aromatic heterocycles. The van der Waals surface area contributed by atoms with Crippen molar-refractivity contribution in [1.82, 2.24) is 4.98 Å².